The van der Waals surface area contributed by atoms with Crippen molar-refractivity contribution in [1.29, 1.82) is 0 Å². The molecule has 0 spiro atoms. The van der Waals surface area contributed by atoms with Crippen molar-refractivity contribution in [1.82, 2.24) is 9.55 Å². The zero-order valence-electron chi connectivity index (χ0n) is 16.6. The second kappa shape index (κ2) is 9.51. The summed E-state index contributed by atoms with van der Waals surface area (Å²) in [5, 5.41) is 13.6. The third-order valence-corrected chi connectivity index (χ3v) is 4.46. The minimum atomic E-state index is -1.35. The summed E-state index contributed by atoms with van der Waals surface area (Å²) in [5.41, 5.74) is 0.0831. The van der Waals surface area contributed by atoms with E-state index in [-0.39, 0.29) is 13.0 Å². The van der Waals surface area contributed by atoms with E-state index in [1.807, 2.05) is 30.3 Å². The van der Waals surface area contributed by atoms with Crippen molar-refractivity contribution in [3.05, 3.63) is 53.1 Å². The van der Waals surface area contributed by atoms with Crippen LogP contribution in [-0.2, 0) is 23.8 Å². The molecule has 3 rings (SSSR count). The molecule has 0 aliphatic carbocycles. The molecular formula is C20H23N3O7. The Morgan fingerprint density at radius 2 is 2.00 bits per heavy atom. The first kappa shape index (κ1) is 21.5. The summed E-state index contributed by atoms with van der Waals surface area (Å²) in [5.74, 6) is -0.781. The van der Waals surface area contributed by atoms with Crippen LogP contribution < -0.4 is 11.0 Å². The molecule has 0 bridgehead atoms. The summed E-state index contributed by atoms with van der Waals surface area (Å²) >= 11 is 0. The number of carbonyl (C=O) groups is 2. The Hall–Kier alpha value is -3.24. The largest absolute Gasteiger partial charge is 0.463 e. The number of para-hydroxylation sites is 1. The van der Waals surface area contributed by atoms with Gasteiger partial charge in [-0.05, 0) is 18.2 Å². The van der Waals surface area contributed by atoms with Gasteiger partial charge in [-0.25, -0.2) is 4.79 Å². The number of esters is 2. The molecule has 160 valence electrons. The Balaban J connectivity index is 1.78. The van der Waals surface area contributed by atoms with Crippen molar-refractivity contribution in [2.75, 3.05) is 11.9 Å². The van der Waals surface area contributed by atoms with Gasteiger partial charge in [0.2, 0.25) is 0 Å². The molecule has 1 aliphatic heterocycles. The van der Waals surface area contributed by atoms with Crippen LogP contribution in [0, 0.1) is 0 Å². The second-order valence-corrected chi connectivity index (χ2v) is 6.66. The number of benzene rings is 1. The lowest BCUT2D eigenvalue weighted by molar-refractivity contribution is -0.158. The van der Waals surface area contributed by atoms with Crippen molar-refractivity contribution in [3.8, 4) is 0 Å². The molecule has 1 aromatic carbocycles. The fourth-order valence-corrected chi connectivity index (χ4v) is 3.04. The average Bonchev–Trinajstić information content (AvgIpc) is 3.02. The first-order chi connectivity index (χ1) is 14.4. The molecule has 2 aromatic rings. The van der Waals surface area contributed by atoms with Crippen molar-refractivity contribution in [3.63, 3.8) is 0 Å². The van der Waals surface area contributed by atoms with E-state index in [9.17, 15) is 19.5 Å². The Bertz CT molecular complexity index is 947. The molecule has 2 N–H and O–H groups in total. The maximum atomic E-state index is 12.5. The van der Waals surface area contributed by atoms with Gasteiger partial charge in [-0.2, -0.15) is 4.98 Å². The summed E-state index contributed by atoms with van der Waals surface area (Å²) in [4.78, 5) is 39.4. The summed E-state index contributed by atoms with van der Waals surface area (Å²) in [7, 11) is 0. The molecule has 0 amide bonds. The molecule has 0 unspecified atom stereocenters. The Kier molecular flexibility index (Phi) is 6.80. The highest BCUT2D eigenvalue weighted by molar-refractivity contribution is 5.69. The number of nitrogens with zero attached hydrogens (tertiary/aromatic N) is 2. The van der Waals surface area contributed by atoms with Crippen LogP contribution in [0.15, 0.2) is 47.4 Å². The maximum absolute atomic E-state index is 12.5. The average molecular weight is 417 g/mol. The predicted octanol–water partition coefficient (Wildman–Crippen LogP) is 1.13. The third kappa shape index (κ3) is 5.02. The number of aliphatic hydroxyl groups is 1. The van der Waals surface area contributed by atoms with E-state index >= 15 is 0 Å². The minimum Gasteiger partial charge on any atom is -0.463 e. The van der Waals surface area contributed by atoms with Crippen LogP contribution in [0.3, 0.4) is 0 Å². The second-order valence-electron chi connectivity index (χ2n) is 6.66. The number of ether oxygens (including phenoxy) is 3. The van der Waals surface area contributed by atoms with Gasteiger partial charge in [-0.1, -0.05) is 25.1 Å². The van der Waals surface area contributed by atoms with Gasteiger partial charge in [0.25, 0.3) is 0 Å². The van der Waals surface area contributed by atoms with Gasteiger partial charge in [0.15, 0.2) is 12.3 Å². The summed E-state index contributed by atoms with van der Waals surface area (Å²) < 4.78 is 17.0. The Labute approximate surface area is 172 Å². The molecule has 1 saturated heterocycles. The van der Waals surface area contributed by atoms with E-state index in [1.54, 1.807) is 13.0 Å². The first-order valence-corrected chi connectivity index (χ1v) is 9.46. The van der Waals surface area contributed by atoms with Gasteiger partial charge < -0.3 is 24.6 Å². The lowest BCUT2D eigenvalue weighted by Gasteiger charge is -2.20. The van der Waals surface area contributed by atoms with Crippen LogP contribution in [0.25, 0.3) is 0 Å². The number of carbonyl (C=O) groups excluding carboxylic acids is 2. The number of aliphatic hydroxyl groups excluding tert-OH is 1. The Morgan fingerprint density at radius 1 is 1.27 bits per heavy atom. The standard InChI is InChI=1S/C20H23N3O7/c1-3-16(25)28-11-14-18(29-12(2)24)17(26)19(30-14)23-10-9-15(22-20(23)27)21-13-7-5-4-6-8-13/h4-10,14,17-19,26H,3,11H2,1-2H3,(H,21,22,27)/t14-,17+,18-,19-/m1/s1. The third-order valence-electron chi connectivity index (χ3n) is 4.46. The molecule has 1 aromatic heterocycles. The topological polar surface area (TPSA) is 129 Å². The quantitative estimate of drug-likeness (QED) is 0.637. The zero-order chi connectivity index (χ0) is 21.7. The number of aromatic nitrogens is 2. The number of nitrogens with one attached hydrogen (secondary N) is 1. The van der Waals surface area contributed by atoms with E-state index in [4.69, 9.17) is 14.2 Å². The van der Waals surface area contributed by atoms with Crippen LogP contribution >= 0.6 is 0 Å². The van der Waals surface area contributed by atoms with E-state index in [0.717, 1.165) is 10.3 Å². The van der Waals surface area contributed by atoms with E-state index in [0.29, 0.717) is 5.82 Å². The van der Waals surface area contributed by atoms with Gasteiger partial charge in [0.1, 0.15) is 24.6 Å². The molecule has 1 aliphatic rings. The van der Waals surface area contributed by atoms with Crippen LogP contribution in [0.2, 0.25) is 0 Å². The van der Waals surface area contributed by atoms with E-state index in [1.165, 1.54) is 13.1 Å². The van der Waals surface area contributed by atoms with E-state index in [2.05, 4.69) is 10.3 Å². The summed E-state index contributed by atoms with van der Waals surface area (Å²) in [6.07, 6.45) is -2.97. The molecule has 30 heavy (non-hydrogen) atoms. The number of hydrogen-bond acceptors (Lipinski definition) is 9. The molecule has 10 heteroatoms. The highest BCUT2D eigenvalue weighted by Gasteiger charge is 2.47. The number of hydrogen-bond donors (Lipinski definition) is 2. The fourth-order valence-electron chi connectivity index (χ4n) is 3.04. The smallest absolute Gasteiger partial charge is 0.351 e. The molecular weight excluding hydrogens is 394 g/mol. The minimum absolute atomic E-state index is 0.163. The zero-order valence-corrected chi connectivity index (χ0v) is 16.6. The van der Waals surface area contributed by atoms with E-state index < -0.39 is 42.2 Å². The molecule has 10 nitrogen and oxygen atoms in total. The highest BCUT2D eigenvalue weighted by Crippen LogP contribution is 2.31. The lowest BCUT2D eigenvalue weighted by Crippen LogP contribution is -2.39. The monoisotopic (exact) mass is 417 g/mol. The van der Waals surface area contributed by atoms with Crippen LogP contribution in [-0.4, -0.2) is 51.5 Å². The first-order valence-electron chi connectivity index (χ1n) is 9.46. The highest BCUT2D eigenvalue weighted by atomic mass is 16.6. The maximum Gasteiger partial charge on any atom is 0.351 e. The van der Waals surface area contributed by atoms with Crippen molar-refractivity contribution in [2.24, 2.45) is 0 Å². The van der Waals surface area contributed by atoms with Crippen LogP contribution in [0.1, 0.15) is 26.5 Å². The molecule has 2 heterocycles. The van der Waals surface area contributed by atoms with Gasteiger partial charge in [0.05, 0.1) is 0 Å². The molecule has 1 fully saturated rings. The Morgan fingerprint density at radius 3 is 2.63 bits per heavy atom. The number of rotatable bonds is 7. The number of anilines is 2. The van der Waals surface area contributed by atoms with Crippen molar-refractivity contribution in [2.45, 2.75) is 44.8 Å². The molecule has 0 saturated carbocycles. The lowest BCUT2D eigenvalue weighted by atomic mass is 10.1. The van der Waals surface area contributed by atoms with Gasteiger partial charge >= 0.3 is 17.6 Å². The SMILES string of the molecule is CCC(=O)OC[C@H]1O[C@@H](n2ccc(Nc3ccccc3)nc2=O)[C@@H](O)[C@@H]1OC(C)=O. The van der Waals surface area contributed by atoms with Gasteiger partial charge in [0, 0.05) is 25.2 Å². The summed E-state index contributed by atoms with van der Waals surface area (Å²) in [6.45, 7) is 2.59. The van der Waals surface area contributed by atoms with Gasteiger partial charge in [-0.15, -0.1) is 0 Å². The van der Waals surface area contributed by atoms with Crippen molar-refractivity contribution < 1.29 is 28.9 Å². The summed E-state index contributed by atoms with van der Waals surface area (Å²) in [6, 6.07) is 10.7. The van der Waals surface area contributed by atoms with Gasteiger partial charge in [-0.3, -0.25) is 14.2 Å². The van der Waals surface area contributed by atoms with Crippen LogP contribution in [0.4, 0.5) is 11.5 Å². The predicted molar refractivity (Wildman–Crippen MR) is 105 cm³/mol. The van der Waals surface area contributed by atoms with Crippen molar-refractivity contribution >= 4 is 23.4 Å². The molecule has 4 atom stereocenters. The van der Waals surface area contributed by atoms with Crippen LogP contribution in [0.5, 0.6) is 0 Å². The fraction of sp³-hybridized carbons (Fsp3) is 0.400. The normalized spacial score (nSPS) is 23.0. The molecule has 0 radical (unpaired) electrons.